The van der Waals surface area contributed by atoms with Crippen LogP contribution in [0.1, 0.15) is 16.5 Å². The second-order valence-electron chi connectivity index (χ2n) is 4.38. The maximum atomic E-state index is 12.3. The summed E-state index contributed by atoms with van der Waals surface area (Å²) in [7, 11) is 0. The molecular weight excluding hydrogens is 378 g/mol. The number of rotatable bonds is 2. The third-order valence-corrected chi connectivity index (χ3v) is 5.54. The van der Waals surface area contributed by atoms with Crippen molar-refractivity contribution in [2.24, 2.45) is 0 Å². The van der Waals surface area contributed by atoms with E-state index < -0.39 is 18.0 Å². The second kappa shape index (κ2) is 5.74. The van der Waals surface area contributed by atoms with E-state index in [4.69, 9.17) is 0 Å². The number of aliphatic carboxylic acids is 1. The highest BCUT2D eigenvalue weighted by Crippen LogP contribution is 2.34. The van der Waals surface area contributed by atoms with Gasteiger partial charge in [-0.2, -0.15) is 0 Å². The first kappa shape index (κ1) is 14.5. The number of carbonyl (C=O) groups excluding carboxylic acids is 1. The Balaban J connectivity index is 1.84. The van der Waals surface area contributed by atoms with Gasteiger partial charge in [-0.15, -0.1) is 11.3 Å². The molecule has 21 heavy (non-hydrogen) atoms. The van der Waals surface area contributed by atoms with Crippen molar-refractivity contribution < 1.29 is 14.7 Å². The Morgan fingerprint density at radius 3 is 3.00 bits per heavy atom. The van der Waals surface area contributed by atoms with Gasteiger partial charge in [0.1, 0.15) is 0 Å². The summed E-state index contributed by atoms with van der Waals surface area (Å²) < 4.78 is 0.798. The van der Waals surface area contributed by atoms with Crippen molar-refractivity contribution in [3.63, 3.8) is 0 Å². The van der Waals surface area contributed by atoms with Crippen LogP contribution in [0.15, 0.2) is 21.4 Å². The van der Waals surface area contributed by atoms with E-state index in [-0.39, 0.29) is 0 Å². The largest absolute Gasteiger partial charge is 0.479 e. The zero-order valence-corrected chi connectivity index (χ0v) is 13.8. The van der Waals surface area contributed by atoms with Crippen molar-refractivity contribution in [3.8, 4) is 0 Å². The van der Waals surface area contributed by atoms with E-state index in [1.165, 1.54) is 27.6 Å². The SMILES string of the molecule is O=C(O)C1c2ccsc2CCN1C(=O)Nc1ncc(Br)s1. The number of hydrogen-bond acceptors (Lipinski definition) is 5. The third-order valence-electron chi connectivity index (χ3n) is 3.15. The molecule has 1 aliphatic rings. The van der Waals surface area contributed by atoms with Crippen molar-refractivity contribution in [2.75, 3.05) is 11.9 Å². The summed E-state index contributed by atoms with van der Waals surface area (Å²) in [6.45, 7) is 0.378. The number of carbonyl (C=O) groups is 2. The first-order valence-corrected chi connectivity index (χ1v) is 8.53. The zero-order valence-electron chi connectivity index (χ0n) is 10.6. The predicted octanol–water partition coefficient (Wildman–Crippen LogP) is 3.18. The molecule has 6 nitrogen and oxygen atoms in total. The molecule has 0 aromatic carbocycles. The standard InChI is InChI=1S/C12H10BrN3O3S2/c13-8-5-14-11(21-8)15-12(19)16-3-1-7-6(2-4-20-7)9(16)10(17)18/h2,4-5,9H,1,3H2,(H,17,18)(H,14,15,19). The van der Waals surface area contributed by atoms with Crippen LogP contribution in [0.4, 0.5) is 9.93 Å². The van der Waals surface area contributed by atoms with Crippen LogP contribution in [0.3, 0.4) is 0 Å². The zero-order chi connectivity index (χ0) is 15.0. The molecule has 0 radical (unpaired) electrons. The second-order valence-corrected chi connectivity index (χ2v) is 7.79. The number of hydrogen-bond donors (Lipinski definition) is 2. The van der Waals surface area contributed by atoms with E-state index in [2.05, 4.69) is 26.2 Å². The van der Waals surface area contributed by atoms with Gasteiger partial charge in [0.25, 0.3) is 0 Å². The summed E-state index contributed by atoms with van der Waals surface area (Å²) in [5.74, 6) is -1.02. The average Bonchev–Trinajstić information content (AvgIpc) is 3.05. The first-order chi connectivity index (χ1) is 10.1. The number of aromatic nitrogens is 1. The Bertz CT molecular complexity index is 699. The van der Waals surface area contributed by atoms with Crippen molar-refractivity contribution in [3.05, 3.63) is 31.9 Å². The van der Waals surface area contributed by atoms with Crippen molar-refractivity contribution in [1.29, 1.82) is 0 Å². The lowest BCUT2D eigenvalue weighted by molar-refractivity contribution is -0.142. The molecule has 3 heterocycles. The number of urea groups is 1. The molecule has 2 N–H and O–H groups in total. The summed E-state index contributed by atoms with van der Waals surface area (Å²) in [4.78, 5) is 30.3. The van der Waals surface area contributed by atoms with Crippen LogP contribution in [-0.2, 0) is 11.2 Å². The molecule has 0 bridgehead atoms. The number of fused-ring (bicyclic) bond motifs is 1. The number of halogens is 1. The van der Waals surface area contributed by atoms with Gasteiger partial charge in [-0.3, -0.25) is 5.32 Å². The normalized spacial score (nSPS) is 17.4. The van der Waals surface area contributed by atoms with E-state index in [0.29, 0.717) is 23.7 Å². The Kier molecular flexibility index (Phi) is 3.96. The van der Waals surface area contributed by atoms with Crippen LogP contribution in [0, 0.1) is 0 Å². The third kappa shape index (κ3) is 2.81. The molecular formula is C12H10BrN3O3S2. The smallest absolute Gasteiger partial charge is 0.331 e. The fourth-order valence-corrected chi connectivity index (χ4v) is 4.28. The Hall–Kier alpha value is -1.45. The molecule has 0 spiro atoms. The number of thiophene rings is 1. The molecule has 1 atom stereocenters. The average molecular weight is 388 g/mol. The number of thiazole rings is 1. The molecule has 0 aliphatic carbocycles. The molecule has 0 saturated heterocycles. The molecule has 2 aromatic heterocycles. The van der Waals surface area contributed by atoms with Gasteiger partial charge in [0.05, 0.1) is 9.98 Å². The Labute approximate surface area is 136 Å². The number of carboxylic acid groups (broad SMARTS) is 1. The van der Waals surface area contributed by atoms with Crippen LogP contribution in [0.25, 0.3) is 0 Å². The van der Waals surface area contributed by atoms with Crippen molar-refractivity contribution >= 4 is 55.7 Å². The lowest BCUT2D eigenvalue weighted by atomic mass is 10.0. The van der Waals surface area contributed by atoms with E-state index in [0.717, 1.165) is 8.66 Å². The minimum Gasteiger partial charge on any atom is -0.479 e. The molecule has 110 valence electrons. The summed E-state index contributed by atoms with van der Waals surface area (Å²) in [6, 6.07) is 0.391. The summed E-state index contributed by atoms with van der Waals surface area (Å²) in [6.07, 6.45) is 2.26. The number of anilines is 1. The molecule has 1 aliphatic heterocycles. The Morgan fingerprint density at radius 2 is 2.33 bits per heavy atom. The lowest BCUT2D eigenvalue weighted by Gasteiger charge is -2.32. The van der Waals surface area contributed by atoms with Gasteiger partial charge in [-0.05, 0) is 39.4 Å². The Morgan fingerprint density at radius 1 is 1.52 bits per heavy atom. The van der Waals surface area contributed by atoms with Crippen molar-refractivity contribution in [2.45, 2.75) is 12.5 Å². The van der Waals surface area contributed by atoms with Gasteiger partial charge in [0.2, 0.25) is 0 Å². The molecule has 0 saturated carbocycles. The predicted molar refractivity (Wildman–Crippen MR) is 83.9 cm³/mol. The highest BCUT2D eigenvalue weighted by atomic mass is 79.9. The molecule has 2 amide bonds. The van der Waals surface area contributed by atoms with Gasteiger partial charge in [0.15, 0.2) is 11.2 Å². The van der Waals surface area contributed by atoms with Crippen LogP contribution in [-0.4, -0.2) is 33.5 Å². The first-order valence-electron chi connectivity index (χ1n) is 6.04. The monoisotopic (exact) mass is 387 g/mol. The van der Waals surface area contributed by atoms with E-state index in [1.807, 2.05) is 5.38 Å². The summed E-state index contributed by atoms with van der Waals surface area (Å²) in [5.41, 5.74) is 0.703. The van der Waals surface area contributed by atoms with Gasteiger partial charge in [-0.25, -0.2) is 14.6 Å². The van der Waals surface area contributed by atoms with Crippen LogP contribution >= 0.6 is 38.6 Å². The van der Waals surface area contributed by atoms with Gasteiger partial charge >= 0.3 is 12.0 Å². The molecule has 9 heteroatoms. The van der Waals surface area contributed by atoms with Crippen LogP contribution < -0.4 is 5.32 Å². The summed E-state index contributed by atoms with van der Waals surface area (Å²) >= 11 is 6.08. The molecule has 3 rings (SSSR count). The fraction of sp³-hybridized carbons (Fsp3) is 0.250. The number of nitrogens with one attached hydrogen (secondary N) is 1. The topological polar surface area (TPSA) is 82.5 Å². The van der Waals surface area contributed by atoms with Gasteiger partial charge in [0, 0.05) is 11.4 Å². The van der Waals surface area contributed by atoms with Gasteiger partial charge in [-0.1, -0.05) is 11.3 Å². The lowest BCUT2D eigenvalue weighted by Crippen LogP contribution is -2.45. The van der Waals surface area contributed by atoms with Crippen LogP contribution in [0.5, 0.6) is 0 Å². The minimum absolute atomic E-state index is 0.378. The molecule has 2 aromatic rings. The van der Waals surface area contributed by atoms with E-state index in [1.54, 1.807) is 12.3 Å². The van der Waals surface area contributed by atoms with Crippen LogP contribution in [0.2, 0.25) is 0 Å². The van der Waals surface area contributed by atoms with E-state index in [9.17, 15) is 14.7 Å². The maximum Gasteiger partial charge on any atom is 0.331 e. The number of amides is 2. The quantitative estimate of drug-likeness (QED) is 0.828. The molecule has 1 unspecified atom stereocenters. The number of nitrogens with zero attached hydrogens (tertiary/aromatic N) is 2. The number of carboxylic acids is 1. The van der Waals surface area contributed by atoms with Gasteiger partial charge < -0.3 is 10.0 Å². The van der Waals surface area contributed by atoms with Crippen molar-refractivity contribution in [1.82, 2.24) is 9.88 Å². The van der Waals surface area contributed by atoms with E-state index >= 15 is 0 Å². The highest BCUT2D eigenvalue weighted by Gasteiger charge is 2.36. The maximum absolute atomic E-state index is 12.3. The molecule has 0 fully saturated rings. The minimum atomic E-state index is -1.02. The summed E-state index contributed by atoms with van der Waals surface area (Å²) in [5, 5.41) is 14.4. The fourth-order valence-electron chi connectivity index (χ4n) is 2.28. The highest BCUT2D eigenvalue weighted by molar-refractivity contribution is 9.11.